The molecule has 13 heavy (non-hydrogen) atoms. The van der Waals surface area contributed by atoms with Crippen LogP contribution in [-0.4, -0.2) is 11.1 Å². The molecule has 0 aromatic heterocycles. The topological polar surface area (TPSA) is 37.3 Å². The lowest BCUT2D eigenvalue weighted by atomic mass is 10.1. The summed E-state index contributed by atoms with van der Waals surface area (Å²) >= 11 is 6.54. The number of halogens is 2. The highest BCUT2D eigenvalue weighted by molar-refractivity contribution is 9.11. The first-order chi connectivity index (χ1) is 6.02. The van der Waals surface area contributed by atoms with Crippen molar-refractivity contribution in [3.8, 4) is 0 Å². The zero-order valence-corrected chi connectivity index (χ0v) is 9.72. The van der Waals surface area contributed by atoms with Crippen molar-refractivity contribution >= 4 is 43.4 Å². The van der Waals surface area contributed by atoms with Gasteiger partial charge in [0.05, 0.1) is 5.57 Å². The number of carboxylic acids is 1. The molecule has 4 heteroatoms. The molecular weight excluding hydrogens is 300 g/mol. The van der Waals surface area contributed by atoms with Crippen LogP contribution in [0.5, 0.6) is 0 Å². The lowest BCUT2D eigenvalue weighted by molar-refractivity contribution is -0.130. The summed E-state index contributed by atoms with van der Waals surface area (Å²) in [6, 6.07) is 5.25. The fraction of sp³-hybridized carbons (Fsp3) is 0. The van der Waals surface area contributed by atoms with Gasteiger partial charge in [0, 0.05) is 14.5 Å². The van der Waals surface area contributed by atoms with Gasteiger partial charge in [-0.15, -0.1) is 0 Å². The molecule has 0 atom stereocenters. The van der Waals surface area contributed by atoms with Crippen molar-refractivity contribution in [3.05, 3.63) is 39.3 Å². The molecule has 1 N–H and O–H groups in total. The quantitative estimate of drug-likeness (QED) is 0.851. The minimum Gasteiger partial charge on any atom is -0.478 e. The Morgan fingerprint density at radius 3 is 2.46 bits per heavy atom. The summed E-state index contributed by atoms with van der Waals surface area (Å²) in [5.74, 6) is -1.01. The van der Waals surface area contributed by atoms with Crippen LogP contribution in [0.2, 0.25) is 0 Å². The van der Waals surface area contributed by atoms with Gasteiger partial charge < -0.3 is 5.11 Å². The second-order valence-electron chi connectivity index (χ2n) is 2.41. The predicted molar refractivity (Wildman–Crippen MR) is 58.5 cm³/mol. The maximum atomic E-state index is 10.6. The molecule has 0 spiro atoms. The molecule has 0 aliphatic heterocycles. The Balaban J connectivity index is 3.16. The second-order valence-corrected chi connectivity index (χ2v) is 4.18. The van der Waals surface area contributed by atoms with Crippen molar-refractivity contribution < 1.29 is 9.90 Å². The van der Waals surface area contributed by atoms with Gasteiger partial charge in [-0.1, -0.05) is 44.5 Å². The minimum absolute atomic E-state index is 0.0828. The fourth-order valence-electron chi connectivity index (χ4n) is 0.849. The highest BCUT2D eigenvalue weighted by Crippen LogP contribution is 2.26. The zero-order chi connectivity index (χ0) is 10.0. The zero-order valence-electron chi connectivity index (χ0n) is 6.55. The van der Waals surface area contributed by atoms with Gasteiger partial charge in [-0.25, -0.2) is 4.79 Å². The summed E-state index contributed by atoms with van der Waals surface area (Å²) in [5.41, 5.74) is 0.676. The van der Waals surface area contributed by atoms with Crippen LogP contribution in [0.1, 0.15) is 5.56 Å². The van der Waals surface area contributed by atoms with Crippen molar-refractivity contribution in [1.82, 2.24) is 0 Å². The van der Waals surface area contributed by atoms with Gasteiger partial charge in [0.1, 0.15) is 0 Å². The molecule has 0 aliphatic rings. The Bertz CT molecular complexity index is 372. The predicted octanol–water partition coefficient (Wildman–Crippen LogP) is 3.31. The average Bonchev–Trinajstić information content (AvgIpc) is 2.03. The minimum atomic E-state index is -1.01. The van der Waals surface area contributed by atoms with Crippen LogP contribution in [-0.2, 0) is 4.79 Å². The third kappa shape index (κ3) is 2.42. The SMILES string of the molecule is C=C(C(=O)O)c1ccc(Br)cc1Br. The molecule has 0 amide bonds. The van der Waals surface area contributed by atoms with E-state index in [0.717, 1.165) is 4.47 Å². The van der Waals surface area contributed by atoms with E-state index in [4.69, 9.17) is 5.11 Å². The van der Waals surface area contributed by atoms with Crippen molar-refractivity contribution in [2.45, 2.75) is 0 Å². The molecule has 0 saturated carbocycles. The van der Waals surface area contributed by atoms with Gasteiger partial charge >= 0.3 is 5.97 Å². The normalized spacial score (nSPS) is 9.69. The lowest BCUT2D eigenvalue weighted by Gasteiger charge is -2.03. The van der Waals surface area contributed by atoms with Gasteiger partial charge in [-0.2, -0.15) is 0 Å². The number of rotatable bonds is 2. The van der Waals surface area contributed by atoms with E-state index in [1.807, 2.05) is 0 Å². The van der Waals surface area contributed by atoms with Crippen LogP contribution in [0.15, 0.2) is 33.7 Å². The number of hydrogen-bond donors (Lipinski definition) is 1. The van der Waals surface area contributed by atoms with Crippen molar-refractivity contribution in [2.75, 3.05) is 0 Å². The van der Waals surface area contributed by atoms with E-state index in [1.165, 1.54) is 0 Å². The van der Waals surface area contributed by atoms with Crippen LogP contribution in [0.25, 0.3) is 5.57 Å². The van der Waals surface area contributed by atoms with Gasteiger partial charge in [0.2, 0.25) is 0 Å². The third-order valence-electron chi connectivity index (χ3n) is 1.51. The fourth-order valence-corrected chi connectivity index (χ4v) is 2.14. The van der Waals surface area contributed by atoms with E-state index < -0.39 is 5.97 Å². The maximum Gasteiger partial charge on any atom is 0.335 e. The number of aliphatic carboxylic acids is 1. The van der Waals surface area contributed by atoms with Gasteiger partial charge in [-0.3, -0.25) is 0 Å². The molecule has 0 radical (unpaired) electrons. The van der Waals surface area contributed by atoms with E-state index >= 15 is 0 Å². The van der Waals surface area contributed by atoms with E-state index in [-0.39, 0.29) is 5.57 Å². The second kappa shape index (κ2) is 4.07. The van der Waals surface area contributed by atoms with Crippen LogP contribution in [0.4, 0.5) is 0 Å². The summed E-state index contributed by atoms with van der Waals surface area (Å²) in [7, 11) is 0. The molecule has 2 nitrogen and oxygen atoms in total. The highest BCUT2D eigenvalue weighted by Gasteiger charge is 2.10. The molecule has 68 valence electrons. The monoisotopic (exact) mass is 304 g/mol. The smallest absolute Gasteiger partial charge is 0.335 e. The van der Waals surface area contributed by atoms with Gasteiger partial charge in [-0.05, 0) is 12.1 Å². The van der Waals surface area contributed by atoms with Crippen molar-refractivity contribution in [3.63, 3.8) is 0 Å². The average molecular weight is 306 g/mol. The van der Waals surface area contributed by atoms with Crippen molar-refractivity contribution in [1.29, 1.82) is 0 Å². The lowest BCUT2D eigenvalue weighted by Crippen LogP contribution is -1.98. The first-order valence-electron chi connectivity index (χ1n) is 3.40. The van der Waals surface area contributed by atoms with Crippen molar-refractivity contribution in [2.24, 2.45) is 0 Å². The van der Waals surface area contributed by atoms with Crippen LogP contribution >= 0.6 is 31.9 Å². The molecule has 1 rings (SSSR count). The molecule has 0 saturated heterocycles. The Hall–Kier alpha value is -0.610. The Labute approximate surface area is 92.5 Å². The molecule has 0 heterocycles. The van der Waals surface area contributed by atoms with Crippen LogP contribution in [0, 0.1) is 0 Å². The number of carbonyl (C=O) groups is 1. The van der Waals surface area contributed by atoms with E-state index in [0.29, 0.717) is 10.0 Å². The summed E-state index contributed by atoms with van der Waals surface area (Å²) in [4.78, 5) is 10.6. The molecule has 1 aromatic rings. The summed E-state index contributed by atoms with van der Waals surface area (Å²) in [6.45, 7) is 3.47. The first kappa shape index (κ1) is 10.5. The van der Waals surface area contributed by atoms with Gasteiger partial charge in [0.15, 0.2) is 0 Å². The molecule has 0 fully saturated rings. The number of carboxylic acid groups (broad SMARTS) is 1. The number of hydrogen-bond acceptors (Lipinski definition) is 1. The Kier molecular flexibility index (Phi) is 3.27. The Morgan fingerprint density at radius 1 is 1.38 bits per heavy atom. The summed E-state index contributed by atoms with van der Waals surface area (Å²) < 4.78 is 1.61. The van der Waals surface area contributed by atoms with E-state index in [1.54, 1.807) is 18.2 Å². The van der Waals surface area contributed by atoms with Gasteiger partial charge in [0.25, 0.3) is 0 Å². The number of benzene rings is 1. The first-order valence-corrected chi connectivity index (χ1v) is 4.98. The molecule has 0 aliphatic carbocycles. The van der Waals surface area contributed by atoms with Crippen LogP contribution < -0.4 is 0 Å². The molecule has 0 unspecified atom stereocenters. The van der Waals surface area contributed by atoms with E-state index in [9.17, 15) is 4.79 Å². The summed E-state index contributed by atoms with van der Waals surface area (Å²) in [5, 5.41) is 8.70. The standard InChI is InChI=1S/C9H6Br2O2/c1-5(9(12)13)7-3-2-6(10)4-8(7)11/h2-4H,1H2,(H,12,13). The van der Waals surface area contributed by atoms with E-state index in [2.05, 4.69) is 38.4 Å². The Morgan fingerprint density at radius 2 is 2.00 bits per heavy atom. The molecule has 1 aromatic carbocycles. The highest BCUT2D eigenvalue weighted by atomic mass is 79.9. The summed E-state index contributed by atoms with van der Waals surface area (Å²) in [6.07, 6.45) is 0. The third-order valence-corrected chi connectivity index (χ3v) is 2.66. The van der Waals surface area contributed by atoms with Crippen LogP contribution in [0.3, 0.4) is 0 Å². The molecular formula is C9H6Br2O2. The maximum absolute atomic E-state index is 10.6. The molecule has 0 bridgehead atoms. The largest absolute Gasteiger partial charge is 0.478 e.